The predicted octanol–water partition coefficient (Wildman–Crippen LogP) is 2.61. The van der Waals surface area contributed by atoms with Crippen LogP contribution in [0.25, 0.3) is 0 Å². The molecule has 0 bridgehead atoms. The molecule has 2 heterocycles. The van der Waals surface area contributed by atoms with Gasteiger partial charge in [0, 0.05) is 37.9 Å². The molecular formula is C16H20FN3O2S. The van der Waals surface area contributed by atoms with Gasteiger partial charge in [-0.05, 0) is 44.0 Å². The van der Waals surface area contributed by atoms with E-state index in [1.807, 2.05) is 13.1 Å². The highest BCUT2D eigenvalue weighted by atomic mass is 32.2. The van der Waals surface area contributed by atoms with Gasteiger partial charge in [-0.3, -0.25) is 0 Å². The molecule has 1 aromatic carbocycles. The van der Waals surface area contributed by atoms with E-state index in [4.69, 9.17) is 0 Å². The first kappa shape index (κ1) is 16.1. The lowest BCUT2D eigenvalue weighted by atomic mass is 9.99. The van der Waals surface area contributed by atoms with E-state index in [9.17, 15) is 12.8 Å². The molecule has 124 valence electrons. The molecule has 1 atom stereocenters. The smallest absolute Gasteiger partial charge is 0.243 e. The molecule has 5 nitrogen and oxygen atoms in total. The molecule has 0 radical (unpaired) electrons. The Labute approximate surface area is 135 Å². The van der Waals surface area contributed by atoms with Crippen molar-refractivity contribution in [3.63, 3.8) is 0 Å². The van der Waals surface area contributed by atoms with Crippen molar-refractivity contribution < 1.29 is 12.8 Å². The van der Waals surface area contributed by atoms with Gasteiger partial charge in [0.25, 0.3) is 0 Å². The van der Waals surface area contributed by atoms with E-state index >= 15 is 0 Å². The van der Waals surface area contributed by atoms with E-state index in [-0.39, 0.29) is 10.8 Å². The summed E-state index contributed by atoms with van der Waals surface area (Å²) in [5, 5.41) is 0. The van der Waals surface area contributed by atoms with Crippen molar-refractivity contribution in [3.05, 3.63) is 48.3 Å². The summed E-state index contributed by atoms with van der Waals surface area (Å²) in [5.41, 5.74) is 0. The number of halogens is 1. The third-order valence-electron chi connectivity index (χ3n) is 4.29. The van der Waals surface area contributed by atoms with E-state index < -0.39 is 15.8 Å². The lowest BCUT2D eigenvalue weighted by molar-refractivity contribution is 0.305. The Morgan fingerprint density at radius 1 is 1.30 bits per heavy atom. The van der Waals surface area contributed by atoms with Crippen molar-refractivity contribution in [2.45, 2.75) is 37.1 Å². The molecular weight excluding hydrogens is 317 g/mol. The van der Waals surface area contributed by atoms with Gasteiger partial charge in [0.15, 0.2) is 0 Å². The molecule has 1 saturated heterocycles. The number of benzene rings is 1. The van der Waals surface area contributed by atoms with Crippen LogP contribution >= 0.6 is 0 Å². The van der Waals surface area contributed by atoms with Crippen LogP contribution in [-0.4, -0.2) is 35.4 Å². The molecule has 23 heavy (non-hydrogen) atoms. The largest absolute Gasteiger partial charge is 0.335 e. The first-order valence-corrected chi connectivity index (χ1v) is 9.23. The minimum absolute atomic E-state index is 0.0916. The minimum Gasteiger partial charge on any atom is -0.335 e. The maximum Gasteiger partial charge on any atom is 0.243 e. The van der Waals surface area contributed by atoms with Crippen LogP contribution in [0, 0.1) is 5.82 Å². The van der Waals surface area contributed by atoms with Gasteiger partial charge >= 0.3 is 0 Å². The molecule has 1 aliphatic heterocycles. The third kappa shape index (κ3) is 3.16. The molecule has 0 unspecified atom stereocenters. The molecule has 3 rings (SSSR count). The number of rotatable bonds is 4. The molecule has 0 amide bonds. The number of hydrogen-bond donors (Lipinski definition) is 0. The topological polar surface area (TPSA) is 55.2 Å². The number of aryl methyl sites for hydroxylation is 1. The highest BCUT2D eigenvalue weighted by Gasteiger charge is 2.32. The first-order valence-electron chi connectivity index (χ1n) is 7.79. The van der Waals surface area contributed by atoms with Crippen molar-refractivity contribution in [2.24, 2.45) is 0 Å². The zero-order valence-electron chi connectivity index (χ0n) is 13.0. The fourth-order valence-electron chi connectivity index (χ4n) is 3.08. The van der Waals surface area contributed by atoms with Gasteiger partial charge in [0.1, 0.15) is 11.6 Å². The number of nitrogens with zero attached hydrogens (tertiary/aromatic N) is 3. The molecule has 1 fully saturated rings. The number of aromatic nitrogens is 2. The Morgan fingerprint density at radius 2 is 2.04 bits per heavy atom. The minimum atomic E-state index is -3.59. The zero-order chi connectivity index (χ0) is 16.4. The number of imidazole rings is 1. The summed E-state index contributed by atoms with van der Waals surface area (Å²) in [6.45, 7) is 3.76. The van der Waals surface area contributed by atoms with Crippen LogP contribution < -0.4 is 0 Å². The van der Waals surface area contributed by atoms with Crippen molar-refractivity contribution in [1.82, 2.24) is 13.9 Å². The monoisotopic (exact) mass is 337 g/mol. The number of hydrogen-bond acceptors (Lipinski definition) is 3. The molecule has 0 spiro atoms. The van der Waals surface area contributed by atoms with Gasteiger partial charge in [0.2, 0.25) is 10.0 Å². The maximum absolute atomic E-state index is 13.0. The lowest BCUT2D eigenvalue weighted by Gasteiger charge is -2.31. The molecule has 2 aromatic rings. The van der Waals surface area contributed by atoms with Crippen LogP contribution in [0.2, 0.25) is 0 Å². The SMILES string of the molecule is CCn1ccnc1[C@@H]1CCCN(S(=O)(=O)c2ccc(F)cc2)C1. The van der Waals surface area contributed by atoms with Crippen LogP contribution in [0.1, 0.15) is 31.5 Å². The van der Waals surface area contributed by atoms with Crippen LogP contribution in [0.3, 0.4) is 0 Å². The highest BCUT2D eigenvalue weighted by Crippen LogP contribution is 2.29. The van der Waals surface area contributed by atoms with Gasteiger partial charge in [-0.1, -0.05) is 0 Å². The second-order valence-electron chi connectivity index (χ2n) is 5.73. The fourth-order valence-corrected chi connectivity index (χ4v) is 4.60. The average molecular weight is 337 g/mol. The molecule has 0 saturated carbocycles. The van der Waals surface area contributed by atoms with E-state index in [1.165, 1.54) is 28.6 Å². The Kier molecular flexibility index (Phi) is 4.50. The Morgan fingerprint density at radius 3 is 2.74 bits per heavy atom. The average Bonchev–Trinajstić information content (AvgIpc) is 3.04. The summed E-state index contributed by atoms with van der Waals surface area (Å²) < 4.78 is 42.1. The van der Waals surface area contributed by atoms with E-state index in [2.05, 4.69) is 9.55 Å². The van der Waals surface area contributed by atoms with Gasteiger partial charge in [-0.15, -0.1) is 0 Å². The molecule has 0 N–H and O–H groups in total. The maximum atomic E-state index is 13.0. The number of piperidine rings is 1. The number of sulfonamides is 1. The van der Waals surface area contributed by atoms with Crippen molar-refractivity contribution in [1.29, 1.82) is 0 Å². The van der Waals surface area contributed by atoms with Crippen molar-refractivity contribution >= 4 is 10.0 Å². The van der Waals surface area contributed by atoms with Crippen molar-refractivity contribution in [3.8, 4) is 0 Å². The second-order valence-corrected chi connectivity index (χ2v) is 7.67. The first-order chi connectivity index (χ1) is 11.0. The summed E-state index contributed by atoms with van der Waals surface area (Å²) in [7, 11) is -3.59. The summed E-state index contributed by atoms with van der Waals surface area (Å²) in [5.74, 6) is 0.589. The summed E-state index contributed by atoms with van der Waals surface area (Å²) >= 11 is 0. The normalized spacial score (nSPS) is 19.8. The zero-order valence-corrected chi connectivity index (χ0v) is 13.8. The Balaban J connectivity index is 1.84. The summed E-state index contributed by atoms with van der Waals surface area (Å²) in [6, 6.07) is 5.00. The molecule has 1 aromatic heterocycles. The van der Waals surface area contributed by atoms with E-state index in [0.717, 1.165) is 25.2 Å². The van der Waals surface area contributed by atoms with Crippen LogP contribution in [-0.2, 0) is 16.6 Å². The lowest BCUT2D eigenvalue weighted by Crippen LogP contribution is -2.39. The standard InChI is InChI=1S/C16H20FN3O2S/c1-2-19-11-9-18-16(19)13-4-3-10-20(12-13)23(21,22)15-7-5-14(17)6-8-15/h5-9,11,13H,2-4,10,12H2,1H3/t13-/m1/s1. The molecule has 1 aliphatic rings. The van der Waals surface area contributed by atoms with Crippen molar-refractivity contribution in [2.75, 3.05) is 13.1 Å². The quantitative estimate of drug-likeness (QED) is 0.862. The Hall–Kier alpha value is -1.73. The van der Waals surface area contributed by atoms with Gasteiger partial charge in [-0.25, -0.2) is 17.8 Å². The van der Waals surface area contributed by atoms with Crippen LogP contribution in [0.4, 0.5) is 4.39 Å². The fraction of sp³-hybridized carbons (Fsp3) is 0.438. The molecule has 0 aliphatic carbocycles. The predicted molar refractivity (Wildman–Crippen MR) is 85.0 cm³/mol. The highest BCUT2D eigenvalue weighted by molar-refractivity contribution is 7.89. The third-order valence-corrected chi connectivity index (χ3v) is 6.17. The van der Waals surface area contributed by atoms with E-state index in [1.54, 1.807) is 6.20 Å². The Bertz CT molecular complexity index is 771. The van der Waals surface area contributed by atoms with Gasteiger partial charge in [-0.2, -0.15) is 4.31 Å². The van der Waals surface area contributed by atoms with Crippen LogP contribution in [0.15, 0.2) is 41.6 Å². The van der Waals surface area contributed by atoms with Crippen LogP contribution in [0.5, 0.6) is 0 Å². The summed E-state index contributed by atoms with van der Waals surface area (Å²) in [6.07, 6.45) is 5.39. The molecule has 7 heteroatoms. The van der Waals surface area contributed by atoms with Gasteiger partial charge < -0.3 is 4.57 Å². The summed E-state index contributed by atoms with van der Waals surface area (Å²) in [4.78, 5) is 4.54. The van der Waals surface area contributed by atoms with Gasteiger partial charge in [0.05, 0.1) is 4.90 Å². The second kappa shape index (κ2) is 6.41. The van der Waals surface area contributed by atoms with E-state index in [0.29, 0.717) is 13.1 Å².